The first-order valence-corrected chi connectivity index (χ1v) is 5.43. The number of hydrogen-bond donors (Lipinski definition) is 3. The normalized spacial score (nSPS) is 14.7. The molecule has 1 amide bonds. The summed E-state index contributed by atoms with van der Waals surface area (Å²) in [4.78, 5) is 11.3. The van der Waals surface area contributed by atoms with Crippen LogP contribution < -0.4 is 15.5 Å². The second kappa shape index (κ2) is 3.92. The molecule has 1 heterocycles. The Kier molecular flexibility index (Phi) is 2.71. The molecular weight excluding hydrogens is 220 g/mol. The smallest absolute Gasteiger partial charge is 0.262 e. The number of rotatable bonds is 1. The van der Waals surface area contributed by atoms with Gasteiger partial charge in [0.2, 0.25) is 0 Å². The van der Waals surface area contributed by atoms with E-state index in [2.05, 4.69) is 31.6 Å². The van der Waals surface area contributed by atoms with E-state index in [-0.39, 0.29) is 17.9 Å². The minimum atomic E-state index is -0.188. The van der Waals surface area contributed by atoms with Gasteiger partial charge in [0.25, 0.3) is 5.91 Å². The number of anilines is 2. The van der Waals surface area contributed by atoms with Crippen molar-refractivity contribution in [1.82, 2.24) is 0 Å². The van der Waals surface area contributed by atoms with Crippen LogP contribution in [0.4, 0.5) is 11.4 Å². The van der Waals surface area contributed by atoms with Gasteiger partial charge in [-0.3, -0.25) is 15.5 Å². The van der Waals surface area contributed by atoms with Crippen LogP contribution in [0.5, 0.6) is 5.75 Å². The lowest BCUT2D eigenvalue weighted by Crippen LogP contribution is -2.26. The van der Waals surface area contributed by atoms with Gasteiger partial charge in [-0.15, -0.1) is 0 Å². The molecule has 0 bridgehead atoms. The molecular formula is C12H16N2O3. The summed E-state index contributed by atoms with van der Waals surface area (Å²) in [6, 6.07) is 3.68. The van der Waals surface area contributed by atoms with Crippen LogP contribution in [0.2, 0.25) is 0 Å². The fourth-order valence-electron chi connectivity index (χ4n) is 1.72. The van der Waals surface area contributed by atoms with E-state index in [1.807, 2.05) is 12.1 Å². The van der Waals surface area contributed by atoms with Crippen LogP contribution in [0.15, 0.2) is 12.1 Å². The second-order valence-corrected chi connectivity index (χ2v) is 5.10. The molecule has 0 saturated heterocycles. The Bertz CT molecular complexity index is 464. The highest BCUT2D eigenvalue weighted by atomic mass is 16.5. The molecule has 0 aromatic heterocycles. The van der Waals surface area contributed by atoms with Crippen LogP contribution in [0.3, 0.4) is 0 Å². The van der Waals surface area contributed by atoms with Gasteiger partial charge in [-0.2, -0.15) is 0 Å². The fraction of sp³-hybridized carbons (Fsp3) is 0.417. The summed E-state index contributed by atoms with van der Waals surface area (Å²) in [5.74, 6) is 0.285. The average molecular weight is 236 g/mol. The predicted octanol–water partition coefficient (Wildman–Crippen LogP) is 2.12. The Balaban J connectivity index is 2.54. The highest BCUT2D eigenvalue weighted by Gasteiger charge is 2.23. The van der Waals surface area contributed by atoms with Gasteiger partial charge in [0.05, 0.1) is 5.69 Å². The monoisotopic (exact) mass is 236 g/mol. The molecule has 0 atom stereocenters. The topological polar surface area (TPSA) is 70.6 Å². The highest BCUT2D eigenvalue weighted by molar-refractivity contribution is 5.97. The Hall–Kier alpha value is -1.75. The lowest BCUT2D eigenvalue weighted by molar-refractivity contribution is -0.118. The van der Waals surface area contributed by atoms with Crippen molar-refractivity contribution in [2.45, 2.75) is 26.2 Å². The minimum Gasteiger partial charge on any atom is -0.479 e. The molecule has 1 aromatic carbocycles. The van der Waals surface area contributed by atoms with Crippen LogP contribution in [-0.2, 0) is 10.2 Å². The summed E-state index contributed by atoms with van der Waals surface area (Å²) in [5.41, 5.74) is 4.08. The molecule has 1 aliphatic heterocycles. The molecule has 0 saturated carbocycles. The van der Waals surface area contributed by atoms with Crippen molar-refractivity contribution < 1.29 is 14.7 Å². The average Bonchev–Trinajstić information content (AvgIpc) is 2.25. The lowest BCUT2D eigenvalue weighted by Gasteiger charge is -2.25. The predicted molar refractivity (Wildman–Crippen MR) is 64.7 cm³/mol. The van der Waals surface area contributed by atoms with Crippen LogP contribution in [-0.4, -0.2) is 17.7 Å². The Morgan fingerprint density at radius 1 is 1.41 bits per heavy atom. The first-order chi connectivity index (χ1) is 7.91. The van der Waals surface area contributed by atoms with E-state index in [1.165, 1.54) is 0 Å². The summed E-state index contributed by atoms with van der Waals surface area (Å²) < 4.78 is 5.29. The van der Waals surface area contributed by atoms with Crippen molar-refractivity contribution in [1.29, 1.82) is 0 Å². The quantitative estimate of drug-likeness (QED) is 0.653. The molecule has 5 nitrogen and oxygen atoms in total. The van der Waals surface area contributed by atoms with E-state index >= 15 is 0 Å². The van der Waals surface area contributed by atoms with E-state index < -0.39 is 0 Å². The first-order valence-electron chi connectivity index (χ1n) is 5.43. The van der Waals surface area contributed by atoms with Gasteiger partial charge in [0.15, 0.2) is 12.4 Å². The Morgan fingerprint density at radius 3 is 2.71 bits per heavy atom. The number of ether oxygens (including phenoxy) is 1. The second-order valence-electron chi connectivity index (χ2n) is 5.10. The third-order valence-corrected chi connectivity index (χ3v) is 2.70. The third-order valence-electron chi connectivity index (χ3n) is 2.70. The largest absolute Gasteiger partial charge is 0.479 e. The third kappa shape index (κ3) is 2.19. The van der Waals surface area contributed by atoms with Crippen LogP contribution in [0.25, 0.3) is 0 Å². The van der Waals surface area contributed by atoms with Gasteiger partial charge in [-0.1, -0.05) is 20.8 Å². The standard InChI is InChI=1S/C12H16N2O3/c1-12(2,3)7-4-8-11(9(5-7)14-16)17-6-10(15)13-8/h4-5,14,16H,6H2,1-3H3,(H,13,15). The number of carbonyl (C=O) groups excluding carboxylic acids is 1. The Morgan fingerprint density at radius 2 is 2.12 bits per heavy atom. The Labute approximate surface area is 99.7 Å². The molecule has 0 spiro atoms. The van der Waals surface area contributed by atoms with Crippen molar-refractivity contribution in [3.63, 3.8) is 0 Å². The molecule has 0 radical (unpaired) electrons. The maximum absolute atomic E-state index is 11.3. The zero-order valence-electron chi connectivity index (χ0n) is 10.1. The summed E-state index contributed by atoms with van der Waals surface area (Å²) in [7, 11) is 0. The molecule has 92 valence electrons. The summed E-state index contributed by atoms with van der Waals surface area (Å²) in [6.45, 7) is 6.14. The zero-order valence-corrected chi connectivity index (χ0v) is 10.1. The molecule has 1 aliphatic rings. The zero-order chi connectivity index (χ0) is 12.6. The summed E-state index contributed by atoms with van der Waals surface area (Å²) in [6.07, 6.45) is 0. The molecule has 17 heavy (non-hydrogen) atoms. The van der Waals surface area contributed by atoms with Gasteiger partial charge in [-0.25, -0.2) is 0 Å². The summed E-state index contributed by atoms with van der Waals surface area (Å²) >= 11 is 0. The lowest BCUT2D eigenvalue weighted by atomic mass is 9.86. The van der Waals surface area contributed by atoms with Gasteiger partial charge < -0.3 is 10.1 Å². The van der Waals surface area contributed by atoms with Crippen molar-refractivity contribution in [2.24, 2.45) is 0 Å². The number of benzene rings is 1. The van der Waals surface area contributed by atoms with E-state index in [0.717, 1.165) is 5.56 Å². The minimum absolute atomic E-state index is 0.0312. The molecule has 0 unspecified atom stereocenters. The molecule has 2 rings (SSSR count). The number of nitrogens with one attached hydrogen (secondary N) is 2. The van der Waals surface area contributed by atoms with Gasteiger partial charge >= 0.3 is 0 Å². The maximum atomic E-state index is 11.3. The van der Waals surface area contributed by atoms with Gasteiger partial charge in [0, 0.05) is 0 Å². The van der Waals surface area contributed by atoms with Crippen molar-refractivity contribution in [3.05, 3.63) is 17.7 Å². The molecule has 5 heteroatoms. The van der Waals surface area contributed by atoms with E-state index in [9.17, 15) is 4.79 Å². The van der Waals surface area contributed by atoms with Crippen LogP contribution >= 0.6 is 0 Å². The van der Waals surface area contributed by atoms with Crippen molar-refractivity contribution in [2.75, 3.05) is 17.4 Å². The maximum Gasteiger partial charge on any atom is 0.262 e. The highest BCUT2D eigenvalue weighted by Crippen LogP contribution is 2.39. The molecule has 0 aliphatic carbocycles. The molecule has 0 fully saturated rings. The van der Waals surface area contributed by atoms with Crippen LogP contribution in [0.1, 0.15) is 26.3 Å². The van der Waals surface area contributed by atoms with Crippen LogP contribution in [0, 0.1) is 0 Å². The number of hydrogen-bond acceptors (Lipinski definition) is 4. The molecule has 1 aromatic rings. The summed E-state index contributed by atoms with van der Waals surface area (Å²) in [5, 5.41) is 11.8. The van der Waals surface area contributed by atoms with Crippen molar-refractivity contribution >= 4 is 17.3 Å². The van der Waals surface area contributed by atoms with E-state index in [1.54, 1.807) is 0 Å². The SMILES string of the molecule is CC(C)(C)c1cc(NO)c2c(c1)NC(=O)CO2. The number of carbonyl (C=O) groups is 1. The first kappa shape index (κ1) is 11.7. The van der Waals surface area contributed by atoms with E-state index in [4.69, 9.17) is 9.94 Å². The van der Waals surface area contributed by atoms with Gasteiger partial charge in [-0.05, 0) is 23.1 Å². The van der Waals surface area contributed by atoms with Crippen molar-refractivity contribution in [3.8, 4) is 5.75 Å². The van der Waals surface area contributed by atoms with E-state index in [0.29, 0.717) is 17.1 Å². The molecule has 3 N–H and O–H groups in total. The van der Waals surface area contributed by atoms with Gasteiger partial charge in [0.1, 0.15) is 5.69 Å². The number of fused-ring (bicyclic) bond motifs is 1. The number of amides is 1. The fourth-order valence-corrected chi connectivity index (χ4v) is 1.72.